The summed E-state index contributed by atoms with van der Waals surface area (Å²) < 4.78 is 20.4. The number of methoxy groups -OCH3 is 1. The van der Waals surface area contributed by atoms with Crippen LogP contribution in [0.25, 0.3) is 5.69 Å². The van der Waals surface area contributed by atoms with Crippen molar-refractivity contribution >= 4 is 17.7 Å². The highest BCUT2D eigenvalue weighted by atomic mass is 32.2. The van der Waals surface area contributed by atoms with Gasteiger partial charge >= 0.3 is 0 Å². The lowest BCUT2D eigenvalue weighted by Crippen LogP contribution is -2.24. The fraction of sp³-hybridized carbons (Fsp3) is 0.222. The van der Waals surface area contributed by atoms with Crippen LogP contribution in [0, 0.1) is 12.7 Å². The summed E-state index contributed by atoms with van der Waals surface area (Å²) >= 11 is 1.20. The minimum absolute atomic E-state index is 0.129. The molecule has 0 saturated heterocycles. The molecule has 0 atom stereocenters. The van der Waals surface area contributed by atoms with E-state index < -0.39 is 0 Å². The van der Waals surface area contributed by atoms with Crippen LogP contribution in [0.3, 0.4) is 0 Å². The van der Waals surface area contributed by atoms with E-state index in [-0.39, 0.29) is 24.0 Å². The van der Waals surface area contributed by atoms with Gasteiger partial charge in [-0.3, -0.25) is 4.79 Å². The van der Waals surface area contributed by atoms with Crippen molar-refractivity contribution in [2.24, 2.45) is 0 Å². The molecule has 0 aliphatic carbocycles. The molecule has 0 radical (unpaired) electrons. The van der Waals surface area contributed by atoms with Gasteiger partial charge < -0.3 is 10.1 Å². The number of para-hydroxylation sites is 2. The van der Waals surface area contributed by atoms with Gasteiger partial charge in [-0.25, -0.2) is 4.39 Å². The SMILES string of the molecule is COc1ccccc1-n1nnnc1SCC(=O)NCc1ccc(C)c(F)c1. The number of rotatable bonds is 7. The van der Waals surface area contributed by atoms with Crippen LogP contribution in [0.5, 0.6) is 5.75 Å². The van der Waals surface area contributed by atoms with E-state index in [1.54, 1.807) is 32.2 Å². The second-order valence-electron chi connectivity index (χ2n) is 5.69. The van der Waals surface area contributed by atoms with Crippen molar-refractivity contribution in [2.75, 3.05) is 12.9 Å². The minimum atomic E-state index is -0.285. The van der Waals surface area contributed by atoms with E-state index in [9.17, 15) is 9.18 Å². The number of aryl methyl sites for hydroxylation is 1. The number of halogens is 1. The molecule has 0 aliphatic rings. The normalized spacial score (nSPS) is 10.6. The molecule has 0 unspecified atom stereocenters. The Morgan fingerprint density at radius 3 is 2.89 bits per heavy atom. The summed E-state index contributed by atoms with van der Waals surface area (Å²) in [6.07, 6.45) is 0. The molecule has 0 spiro atoms. The van der Waals surface area contributed by atoms with Crippen LogP contribution in [0.15, 0.2) is 47.6 Å². The Hall–Kier alpha value is -2.94. The molecule has 2 aromatic carbocycles. The number of nitrogens with zero attached hydrogens (tertiary/aromatic N) is 4. The first kappa shape index (κ1) is 18.8. The number of hydrogen-bond donors (Lipinski definition) is 1. The monoisotopic (exact) mass is 387 g/mol. The Bertz CT molecular complexity index is 947. The van der Waals surface area contributed by atoms with Crippen LogP contribution in [0.1, 0.15) is 11.1 Å². The summed E-state index contributed by atoms with van der Waals surface area (Å²) in [6.45, 7) is 1.95. The van der Waals surface area contributed by atoms with Crippen molar-refractivity contribution in [2.45, 2.75) is 18.6 Å². The van der Waals surface area contributed by atoms with Crippen molar-refractivity contribution in [3.8, 4) is 11.4 Å². The highest BCUT2D eigenvalue weighted by molar-refractivity contribution is 7.99. The third-order valence-electron chi connectivity index (χ3n) is 3.81. The summed E-state index contributed by atoms with van der Waals surface area (Å²) in [6, 6.07) is 12.2. The van der Waals surface area contributed by atoms with E-state index in [0.29, 0.717) is 27.7 Å². The number of hydrogen-bond acceptors (Lipinski definition) is 6. The van der Waals surface area contributed by atoms with Crippen molar-refractivity contribution in [3.63, 3.8) is 0 Å². The van der Waals surface area contributed by atoms with E-state index in [1.165, 1.54) is 22.5 Å². The van der Waals surface area contributed by atoms with E-state index in [4.69, 9.17) is 4.74 Å². The van der Waals surface area contributed by atoms with Crippen molar-refractivity contribution in [1.82, 2.24) is 25.5 Å². The molecule has 1 amide bonds. The lowest BCUT2D eigenvalue weighted by Gasteiger charge is -2.09. The Labute approximate surface area is 159 Å². The zero-order chi connectivity index (χ0) is 19.2. The maximum Gasteiger partial charge on any atom is 0.230 e. The zero-order valence-electron chi connectivity index (χ0n) is 14.8. The molecule has 9 heteroatoms. The highest BCUT2D eigenvalue weighted by Gasteiger charge is 2.14. The molecule has 1 aromatic heterocycles. The van der Waals surface area contributed by atoms with Crippen molar-refractivity contribution < 1.29 is 13.9 Å². The first-order valence-corrected chi connectivity index (χ1v) is 9.13. The maximum atomic E-state index is 13.6. The number of benzene rings is 2. The van der Waals surface area contributed by atoms with Gasteiger partial charge in [0.15, 0.2) is 0 Å². The lowest BCUT2D eigenvalue weighted by atomic mass is 10.1. The molecule has 3 rings (SSSR count). The first-order chi connectivity index (χ1) is 13.1. The van der Waals surface area contributed by atoms with Crippen LogP contribution < -0.4 is 10.1 Å². The summed E-state index contributed by atoms with van der Waals surface area (Å²) in [5.41, 5.74) is 1.96. The minimum Gasteiger partial charge on any atom is -0.494 e. The largest absolute Gasteiger partial charge is 0.494 e. The van der Waals surface area contributed by atoms with Gasteiger partial charge in [-0.05, 0) is 46.7 Å². The molecular formula is C18H18FN5O2S. The standard InChI is InChI=1S/C18H18FN5O2S/c1-12-7-8-13(9-14(12)19)10-20-17(25)11-27-18-21-22-23-24(18)15-5-3-4-6-16(15)26-2/h3-9H,10-11H2,1-2H3,(H,20,25). The molecule has 0 aliphatic heterocycles. The van der Waals surface area contributed by atoms with Gasteiger partial charge in [-0.1, -0.05) is 36.0 Å². The summed E-state index contributed by atoms with van der Waals surface area (Å²) in [5.74, 6) is 0.268. The number of tetrazole rings is 1. The predicted octanol–water partition coefficient (Wildman–Crippen LogP) is 2.53. The lowest BCUT2D eigenvalue weighted by molar-refractivity contribution is -0.118. The van der Waals surface area contributed by atoms with Crippen LogP contribution in [0.2, 0.25) is 0 Å². The third-order valence-corrected chi connectivity index (χ3v) is 4.73. The smallest absolute Gasteiger partial charge is 0.230 e. The molecule has 0 saturated carbocycles. The summed E-state index contributed by atoms with van der Waals surface area (Å²) in [5, 5.41) is 14.8. The predicted molar refractivity (Wildman–Crippen MR) is 99.4 cm³/mol. The number of nitrogens with one attached hydrogen (secondary N) is 1. The number of carbonyl (C=O) groups excluding carboxylic acids is 1. The average Bonchev–Trinajstić information content (AvgIpc) is 3.15. The zero-order valence-corrected chi connectivity index (χ0v) is 15.7. The topological polar surface area (TPSA) is 81.9 Å². The van der Waals surface area contributed by atoms with Crippen LogP contribution >= 0.6 is 11.8 Å². The van der Waals surface area contributed by atoms with E-state index in [2.05, 4.69) is 20.8 Å². The quantitative estimate of drug-likeness (QED) is 0.628. The highest BCUT2D eigenvalue weighted by Crippen LogP contribution is 2.25. The van der Waals surface area contributed by atoms with Crippen LogP contribution in [-0.4, -0.2) is 39.0 Å². The van der Waals surface area contributed by atoms with Gasteiger partial charge in [-0.15, -0.1) is 5.10 Å². The van der Waals surface area contributed by atoms with Crippen LogP contribution in [-0.2, 0) is 11.3 Å². The molecule has 1 heterocycles. The maximum absolute atomic E-state index is 13.6. The van der Waals surface area contributed by atoms with Gasteiger partial charge in [0.2, 0.25) is 11.1 Å². The molecule has 0 fully saturated rings. The number of amides is 1. The van der Waals surface area contributed by atoms with Gasteiger partial charge in [0.1, 0.15) is 17.3 Å². The van der Waals surface area contributed by atoms with Gasteiger partial charge in [0.25, 0.3) is 0 Å². The Balaban J connectivity index is 1.60. The number of thioether (sulfide) groups is 1. The Kier molecular flexibility index (Phi) is 6.02. The molecular weight excluding hydrogens is 369 g/mol. The molecule has 3 aromatic rings. The van der Waals surface area contributed by atoms with E-state index in [1.807, 2.05) is 18.2 Å². The third kappa shape index (κ3) is 4.62. The fourth-order valence-electron chi connectivity index (χ4n) is 2.35. The average molecular weight is 387 g/mol. The number of aromatic nitrogens is 4. The van der Waals surface area contributed by atoms with E-state index >= 15 is 0 Å². The van der Waals surface area contributed by atoms with Crippen molar-refractivity contribution in [3.05, 3.63) is 59.4 Å². The fourth-order valence-corrected chi connectivity index (χ4v) is 3.07. The van der Waals surface area contributed by atoms with Crippen LogP contribution in [0.4, 0.5) is 4.39 Å². The summed E-state index contributed by atoms with van der Waals surface area (Å²) in [4.78, 5) is 12.1. The first-order valence-electron chi connectivity index (χ1n) is 8.15. The number of carbonyl (C=O) groups is 1. The van der Waals surface area contributed by atoms with Crippen molar-refractivity contribution in [1.29, 1.82) is 0 Å². The molecule has 140 valence electrons. The van der Waals surface area contributed by atoms with Gasteiger partial charge in [-0.2, -0.15) is 4.68 Å². The van der Waals surface area contributed by atoms with Gasteiger partial charge in [0, 0.05) is 6.54 Å². The van der Waals surface area contributed by atoms with E-state index in [0.717, 1.165) is 0 Å². The molecule has 27 heavy (non-hydrogen) atoms. The molecule has 1 N–H and O–H groups in total. The Morgan fingerprint density at radius 1 is 1.30 bits per heavy atom. The second-order valence-corrected chi connectivity index (χ2v) is 6.64. The van der Waals surface area contributed by atoms with Gasteiger partial charge in [0.05, 0.1) is 12.9 Å². The summed E-state index contributed by atoms with van der Waals surface area (Å²) in [7, 11) is 1.57. The molecule has 7 nitrogen and oxygen atoms in total. The number of ether oxygens (including phenoxy) is 1. The second kappa shape index (κ2) is 8.63. The Morgan fingerprint density at radius 2 is 2.11 bits per heavy atom. The molecule has 0 bridgehead atoms.